The fraction of sp³-hybridized carbons (Fsp3) is 0.476. The lowest BCUT2D eigenvalue weighted by Crippen LogP contribution is -2.59. The Morgan fingerprint density at radius 3 is 2.53 bits per heavy atom. The standard InChI is InChI=1S/C21H23F2N5O4/c1-26-7-21(8-26)9-27(6-12(21)25-32-2)18-14(22)16(24)13-17(15(18)23)28(10-3-4-10)5-11(19(13)29)20(30)31/h5,10H,3-4,6-9,24H2,1-2H3,(H,30,31). The Labute approximate surface area is 181 Å². The molecule has 9 nitrogen and oxygen atoms in total. The lowest BCUT2D eigenvalue weighted by Gasteiger charge is -2.45. The lowest BCUT2D eigenvalue weighted by atomic mass is 9.78. The SMILES string of the molecule is CON=C1CN(c2c(F)c(N)c3c(=O)c(C(=O)O)cn(C4CC4)c3c2F)CC12CN(C)C2. The van der Waals surface area contributed by atoms with Gasteiger partial charge >= 0.3 is 5.97 Å². The number of carbonyl (C=O) groups is 1. The first-order chi connectivity index (χ1) is 15.2. The molecule has 1 spiro atoms. The monoisotopic (exact) mass is 447 g/mol. The molecule has 0 unspecified atom stereocenters. The van der Waals surface area contributed by atoms with Gasteiger partial charge in [-0.2, -0.15) is 0 Å². The fourth-order valence-corrected chi connectivity index (χ4v) is 5.15. The largest absolute Gasteiger partial charge is 0.477 e. The molecule has 0 amide bonds. The summed E-state index contributed by atoms with van der Waals surface area (Å²) >= 11 is 0. The van der Waals surface area contributed by atoms with Gasteiger partial charge in [0.05, 0.1) is 34.3 Å². The number of rotatable bonds is 4. The molecule has 1 saturated carbocycles. The van der Waals surface area contributed by atoms with Gasteiger partial charge < -0.3 is 30.0 Å². The highest BCUT2D eigenvalue weighted by molar-refractivity contribution is 6.02. The van der Waals surface area contributed by atoms with Gasteiger partial charge in [0.2, 0.25) is 5.43 Å². The van der Waals surface area contributed by atoms with Crippen molar-refractivity contribution in [3.8, 4) is 0 Å². The predicted octanol–water partition coefficient (Wildman–Crippen LogP) is 1.65. The first-order valence-corrected chi connectivity index (χ1v) is 10.3. The molecule has 1 aromatic heterocycles. The van der Waals surface area contributed by atoms with Gasteiger partial charge in [-0.25, -0.2) is 13.6 Å². The van der Waals surface area contributed by atoms with Crippen LogP contribution >= 0.6 is 0 Å². The number of carboxylic acids is 1. The Hall–Kier alpha value is -3.21. The predicted molar refractivity (Wildman–Crippen MR) is 114 cm³/mol. The van der Waals surface area contributed by atoms with Crippen LogP contribution in [0.4, 0.5) is 20.2 Å². The molecule has 0 radical (unpaired) electrons. The highest BCUT2D eigenvalue weighted by atomic mass is 19.1. The van der Waals surface area contributed by atoms with E-state index in [-0.39, 0.29) is 29.2 Å². The van der Waals surface area contributed by atoms with Gasteiger partial charge in [0, 0.05) is 31.9 Å². The van der Waals surface area contributed by atoms with Gasteiger partial charge in [0.25, 0.3) is 0 Å². The molecule has 170 valence electrons. The van der Waals surface area contributed by atoms with E-state index in [1.165, 1.54) is 16.6 Å². The van der Waals surface area contributed by atoms with E-state index in [0.29, 0.717) is 38.2 Å². The van der Waals surface area contributed by atoms with E-state index in [4.69, 9.17) is 10.6 Å². The van der Waals surface area contributed by atoms with Gasteiger partial charge in [-0.05, 0) is 19.9 Å². The van der Waals surface area contributed by atoms with Crippen molar-refractivity contribution in [1.82, 2.24) is 9.47 Å². The normalized spacial score (nSPS) is 21.5. The Kier molecular flexibility index (Phi) is 4.45. The van der Waals surface area contributed by atoms with Crippen molar-refractivity contribution in [2.24, 2.45) is 10.6 Å². The minimum absolute atomic E-state index is 0.154. The van der Waals surface area contributed by atoms with Crippen molar-refractivity contribution in [3.63, 3.8) is 0 Å². The van der Waals surface area contributed by atoms with Crippen LogP contribution in [0.1, 0.15) is 29.2 Å². The van der Waals surface area contributed by atoms with Crippen LogP contribution in [0.2, 0.25) is 0 Å². The van der Waals surface area contributed by atoms with E-state index in [0.717, 1.165) is 6.20 Å². The number of nitrogen functional groups attached to an aromatic ring is 1. The van der Waals surface area contributed by atoms with Gasteiger partial charge in [0.1, 0.15) is 18.4 Å². The van der Waals surface area contributed by atoms with Crippen LogP contribution in [-0.4, -0.2) is 66.6 Å². The summed E-state index contributed by atoms with van der Waals surface area (Å²) in [5, 5.41) is 13.1. The Balaban J connectivity index is 1.73. The van der Waals surface area contributed by atoms with Crippen molar-refractivity contribution < 1.29 is 23.5 Å². The van der Waals surface area contributed by atoms with Crippen LogP contribution in [0.25, 0.3) is 10.9 Å². The number of halogens is 2. The number of hydrogen-bond donors (Lipinski definition) is 2. The molecule has 0 bridgehead atoms. The smallest absolute Gasteiger partial charge is 0.341 e. The van der Waals surface area contributed by atoms with E-state index in [2.05, 4.69) is 10.1 Å². The van der Waals surface area contributed by atoms with Gasteiger partial charge in [-0.15, -0.1) is 0 Å². The quantitative estimate of drug-likeness (QED) is 0.541. The number of carboxylic acid groups (broad SMARTS) is 1. The maximum atomic E-state index is 16.0. The minimum Gasteiger partial charge on any atom is -0.477 e. The maximum absolute atomic E-state index is 16.0. The molecule has 2 aliphatic heterocycles. The molecule has 2 saturated heterocycles. The van der Waals surface area contributed by atoms with Crippen LogP contribution in [0, 0.1) is 17.0 Å². The molecule has 3 fully saturated rings. The number of likely N-dealkylation sites (tertiary alicyclic amines) is 1. The van der Waals surface area contributed by atoms with Gasteiger partial charge in [0.15, 0.2) is 11.6 Å². The molecule has 1 aromatic carbocycles. The summed E-state index contributed by atoms with van der Waals surface area (Å²) < 4.78 is 32.9. The zero-order valence-corrected chi connectivity index (χ0v) is 17.7. The molecule has 3 N–H and O–H groups in total. The molecule has 5 rings (SSSR count). The van der Waals surface area contributed by atoms with Crippen molar-refractivity contribution >= 4 is 34.0 Å². The topological polar surface area (TPSA) is 113 Å². The van der Waals surface area contributed by atoms with Crippen molar-refractivity contribution in [2.75, 3.05) is 51.0 Å². The number of hydrogen-bond acceptors (Lipinski definition) is 7. The number of nitrogens with zero attached hydrogens (tertiary/aromatic N) is 4. The average Bonchev–Trinajstić information content (AvgIpc) is 3.49. The van der Waals surface area contributed by atoms with Crippen LogP contribution in [-0.2, 0) is 4.84 Å². The number of fused-ring (bicyclic) bond motifs is 1. The minimum atomic E-state index is -1.47. The molecule has 0 atom stereocenters. The van der Waals surface area contributed by atoms with Crippen LogP contribution in [0.15, 0.2) is 16.1 Å². The molecular formula is C21H23F2N5O4. The first-order valence-electron chi connectivity index (χ1n) is 10.3. The van der Waals surface area contributed by atoms with E-state index in [9.17, 15) is 14.7 Å². The first kappa shape index (κ1) is 20.7. The van der Waals surface area contributed by atoms with Gasteiger partial charge in [-0.3, -0.25) is 4.79 Å². The summed E-state index contributed by atoms with van der Waals surface area (Å²) in [4.78, 5) is 33.0. The number of pyridine rings is 1. The van der Waals surface area contributed by atoms with Crippen molar-refractivity contribution in [2.45, 2.75) is 18.9 Å². The Morgan fingerprint density at radius 2 is 1.97 bits per heavy atom. The maximum Gasteiger partial charge on any atom is 0.341 e. The van der Waals surface area contributed by atoms with E-state index in [1.54, 1.807) is 0 Å². The molecule has 3 aliphatic rings. The number of aromatic carboxylic acids is 1. The number of aromatic nitrogens is 1. The number of oxime groups is 1. The van der Waals surface area contributed by atoms with Crippen molar-refractivity contribution in [1.29, 1.82) is 0 Å². The van der Waals surface area contributed by atoms with E-state index >= 15 is 8.78 Å². The molecule has 3 heterocycles. The third-order valence-corrected chi connectivity index (χ3v) is 6.64. The second kappa shape index (κ2) is 6.89. The lowest BCUT2D eigenvalue weighted by molar-refractivity contribution is 0.0694. The van der Waals surface area contributed by atoms with Crippen LogP contribution in [0.5, 0.6) is 0 Å². The van der Waals surface area contributed by atoms with Gasteiger partial charge in [-0.1, -0.05) is 5.16 Å². The van der Waals surface area contributed by atoms with Crippen LogP contribution in [0.3, 0.4) is 0 Å². The third-order valence-electron chi connectivity index (χ3n) is 6.64. The second-order valence-electron chi connectivity index (χ2n) is 8.96. The zero-order chi connectivity index (χ0) is 22.9. The molecule has 11 heteroatoms. The summed E-state index contributed by atoms with van der Waals surface area (Å²) in [5.74, 6) is -3.46. The fourth-order valence-electron chi connectivity index (χ4n) is 5.15. The summed E-state index contributed by atoms with van der Waals surface area (Å²) in [6.45, 7) is 1.82. The van der Waals surface area contributed by atoms with Crippen LogP contribution < -0.4 is 16.1 Å². The summed E-state index contributed by atoms with van der Waals surface area (Å²) in [6.07, 6.45) is 2.54. The molecule has 1 aliphatic carbocycles. The Morgan fingerprint density at radius 1 is 1.28 bits per heavy atom. The van der Waals surface area contributed by atoms with Crippen molar-refractivity contribution in [3.05, 3.63) is 33.6 Å². The number of nitrogens with two attached hydrogens (primary N) is 1. The second-order valence-corrected chi connectivity index (χ2v) is 8.96. The Bertz CT molecular complexity index is 1250. The molecule has 2 aromatic rings. The average molecular weight is 447 g/mol. The highest BCUT2D eigenvalue weighted by Crippen LogP contribution is 2.45. The molecule has 32 heavy (non-hydrogen) atoms. The highest BCUT2D eigenvalue weighted by Gasteiger charge is 2.52. The van der Waals surface area contributed by atoms with E-state index in [1.807, 2.05) is 7.05 Å². The zero-order valence-electron chi connectivity index (χ0n) is 17.7. The number of benzene rings is 1. The third kappa shape index (κ3) is 2.80. The summed E-state index contributed by atoms with van der Waals surface area (Å²) in [7, 11) is 3.37. The van der Waals surface area contributed by atoms with E-state index < -0.39 is 39.7 Å². The summed E-state index contributed by atoms with van der Waals surface area (Å²) in [6, 6.07) is -0.167. The molecular weight excluding hydrogens is 424 g/mol. The summed E-state index contributed by atoms with van der Waals surface area (Å²) in [5.41, 5.74) is 3.73. The number of anilines is 2.